The summed E-state index contributed by atoms with van der Waals surface area (Å²) in [7, 11) is 1.76. The second-order valence-corrected chi connectivity index (χ2v) is 4.39. The van der Waals surface area contributed by atoms with Crippen LogP contribution in [0.1, 0.15) is 21.6 Å². The number of aromatic nitrogens is 2. The van der Waals surface area contributed by atoms with Gasteiger partial charge in [0, 0.05) is 24.8 Å². The fourth-order valence-electron chi connectivity index (χ4n) is 1.76. The van der Waals surface area contributed by atoms with E-state index in [1.807, 2.05) is 6.92 Å². The standard InChI is InChI=1S/C13H14F2N4O/c1-7-8(6-18-19(7)2)5-17-13(20)11-9(14)3-4-10(16)12(11)15/h3-4,6H,5,16H2,1-2H3,(H,17,20). The summed E-state index contributed by atoms with van der Waals surface area (Å²) in [6, 6.07) is 2.04. The highest BCUT2D eigenvalue weighted by Crippen LogP contribution is 2.18. The van der Waals surface area contributed by atoms with E-state index in [4.69, 9.17) is 5.73 Å². The summed E-state index contributed by atoms with van der Waals surface area (Å²) in [5.41, 5.74) is 6.01. The van der Waals surface area contributed by atoms with E-state index >= 15 is 0 Å². The number of carbonyl (C=O) groups excluding carboxylic acids is 1. The van der Waals surface area contributed by atoms with E-state index in [1.54, 1.807) is 17.9 Å². The molecular formula is C13H14F2N4O. The van der Waals surface area contributed by atoms with Gasteiger partial charge < -0.3 is 11.1 Å². The van der Waals surface area contributed by atoms with Gasteiger partial charge in [0.05, 0.1) is 11.9 Å². The quantitative estimate of drug-likeness (QED) is 0.837. The van der Waals surface area contributed by atoms with Crippen LogP contribution in [0.4, 0.5) is 14.5 Å². The number of nitrogens with two attached hydrogens (primary N) is 1. The van der Waals surface area contributed by atoms with Crippen molar-refractivity contribution < 1.29 is 13.6 Å². The molecule has 106 valence electrons. The molecule has 0 spiro atoms. The lowest BCUT2D eigenvalue weighted by Gasteiger charge is -2.08. The van der Waals surface area contributed by atoms with Crippen molar-refractivity contribution in [2.45, 2.75) is 13.5 Å². The molecule has 0 radical (unpaired) electrons. The SMILES string of the molecule is Cc1c(CNC(=O)c2c(F)ccc(N)c2F)cnn1C. The lowest BCUT2D eigenvalue weighted by atomic mass is 10.1. The summed E-state index contributed by atoms with van der Waals surface area (Å²) in [6.07, 6.45) is 1.59. The van der Waals surface area contributed by atoms with Crippen molar-refractivity contribution in [1.29, 1.82) is 0 Å². The lowest BCUT2D eigenvalue weighted by molar-refractivity contribution is 0.0942. The summed E-state index contributed by atoms with van der Waals surface area (Å²) in [5.74, 6) is -2.85. The fraction of sp³-hybridized carbons (Fsp3) is 0.231. The molecule has 0 aliphatic carbocycles. The van der Waals surface area contributed by atoms with Crippen LogP contribution in [0.2, 0.25) is 0 Å². The predicted octanol–water partition coefficient (Wildman–Crippen LogP) is 1.52. The van der Waals surface area contributed by atoms with Crippen molar-refractivity contribution in [1.82, 2.24) is 15.1 Å². The van der Waals surface area contributed by atoms with Crippen LogP contribution in [0.5, 0.6) is 0 Å². The molecule has 2 rings (SSSR count). The molecular weight excluding hydrogens is 266 g/mol. The Hall–Kier alpha value is -2.44. The average Bonchev–Trinajstić information content (AvgIpc) is 2.72. The molecule has 5 nitrogen and oxygen atoms in total. The molecule has 3 N–H and O–H groups in total. The highest BCUT2D eigenvalue weighted by molar-refractivity contribution is 5.95. The minimum atomic E-state index is -1.05. The van der Waals surface area contributed by atoms with Crippen LogP contribution in [-0.4, -0.2) is 15.7 Å². The molecule has 20 heavy (non-hydrogen) atoms. The van der Waals surface area contributed by atoms with Crippen LogP contribution < -0.4 is 11.1 Å². The number of anilines is 1. The van der Waals surface area contributed by atoms with Gasteiger partial charge in [0.15, 0.2) is 5.82 Å². The fourth-order valence-corrected chi connectivity index (χ4v) is 1.76. The molecule has 0 bridgehead atoms. The first-order valence-corrected chi connectivity index (χ1v) is 5.91. The molecule has 0 aliphatic rings. The van der Waals surface area contributed by atoms with E-state index in [2.05, 4.69) is 10.4 Å². The number of carbonyl (C=O) groups is 1. The zero-order valence-corrected chi connectivity index (χ0v) is 11.1. The topological polar surface area (TPSA) is 72.9 Å². The number of hydrogen-bond donors (Lipinski definition) is 2. The number of nitrogens with zero attached hydrogens (tertiary/aromatic N) is 2. The van der Waals surface area contributed by atoms with E-state index in [9.17, 15) is 13.6 Å². The molecule has 0 atom stereocenters. The third-order valence-corrected chi connectivity index (χ3v) is 3.12. The number of benzene rings is 1. The van der Waals surface area contributed by atoms with Gasteiger partial charge in [0.25, 0.3) is 5.91 Å². The number of aryl methyl sites for hydroxylation is 1. The van der Waals surface area contributed by atoms with E-state index in [0.717, 1.165) is 23.4 Å². The van der Waals surface area contributed by atoms with Crippen molar-refractivity contribution >= 4 is 11.6 Å². The largest absolute Gasteiger partial charge is 0.396 e. The molecule has 1 aromatic carbocycles. The summed E-state index contributed by atoms with van der Waals surface area (Å²) in [5, 5.41) is 6.46. The Morgan fingerprint density at radius 3 is 2.75 bits per heavy atom. The molecule has 1 amide bonds. The Bertz CT molecular complexity index is 667. The van der Waals surface area contributed by atoms with Gasteiger partial charge >= 0.3 is 0 Å². The molecule has 0 unspecified atom stereocenters. The van der Waals surface area contributed by atoms with Gasteiger partial charge in [-0.05, 0) is 19.1 Å². The minimum absolute atomic E-state index is 0.131. The van der Waals surface area contributed by atoms with E-state index in [1.165, 1.54) is 0 Å². The first kappa shape index (κ1) is 14.0. The van der Waals surface area contributed by atoms with Gasteiger partial charge in [-0.1, -0.05) is 0 Å². The van der Waals surface area contributed by atoms with Crippen molar-refractivity contribution in [2.24, 2.45) is 7.05 Å². The maximum absolute atomic E-state index is 13.7. The molecule has 1 heterocycles. The number of amides is 1. The number of rotatable bonds is 3. The average molecular weight is 280 g/mol. The second-order valence-electron chi connectivity index (χ2n) is 4.39. The maximum Gasteiger partial charge on any atom is 0.257 e. The molecule has 7 heteroatoms. The third-order valence-electron chi connectivity index (χ3n) is 3.12. The summed E-state index contributed by atoms with van der Waals surface area (Å²) in [4.78, 5) is 11.9. The highest BCUT2D eigenvalue weighted by atomic mass is 19.1. The summed E-state index contributed by atoms with van der Waals surface area (Å²) in [6.45, 7) is 1.96. The van der Waals surface area contributed by atoms with Crippen LogP contribution in [0.25, 0.3) is 0 Å². The van der Waals surface area contributed by atoms with E-state index in [-0.39, 0.29) is 12.2 Å². The zero-order valence-electron chi connectivity index (χ0n) is 11.1. The van der Waals surface area contributed by atoms with Crippen LogP contribution in [-0.2, 0) is 13.6 Å². The Morgan fingerprint density at radius 2 is 2.15 bits per heavy atom. The first-order valence-electron chi connectivity index (χ1n) is 5.91. The van der Waals surface area contributed by atoms with Gasteiger partial charge in [-0.2, -0.15) is 5.10 Å². The smallest absolute Gasteiger partial charge is 0.257 e. The maximum atomic E-state index is 13.7. The first-order chi connectivity index (χ1) is 9.41. The third kappa shape index (κ3) is 2.47. The van der Waals surface area contributed by atoms with Crippen molar-refractivity contribution in [3.8, 4) is 0 Å². The van der Waals surface area contributed by atoms with Crippen molar-refractivity contribution in [3.05, 3.63) is 46.8 Å². The van der Waals surface area contributed by atoms with E-state index in [0.29, 0.717) is 0 Å². The van der Waals surface area contributed by atoms with Crippen LogP contribution >= 0.6 is 0 Å². The van der Waals surface area contributed by atoms with Gasteiger partial charge in [-0.15, -0.1) is 0 Å². The Balaban J connectivity index is 2.17. The number of hydrogen-bond acceptors (Lipinski definition) is 3. The predicted molar refractivity (Wildman–Crippen MR) is 69.9 cm³/mol. The van der Waals surface area contributed by atoms with Gasteiger partial charge in [0.2, 0.25) is 0 Å². The summed E-state index contributed by atoms with van der Waals surface area (Å²) >= 11 is 0. The molecule has 0 fully saturated rings. The molecule has 0 saturated heterocycles. The number of nitrogens with one attached hydrogen (secondary N) is 1. The number of halogens is 2. The molecule has 0 aliphatic heterocycles. The minimum Gasteiger partial charge on any atom is -0.396 e. The Morgan fingerprint density at radius 1 is 1.45 bits per heavy atom. The van der Waals surface area contributed by atoms with Crippen molar-refractivity contribution in [2.75, 3.05) is 5.73 Å². The second kappa shape index (κ2) is 5.28. The molecule has 0 saturated carbocycles. The monoisotopic (exact) mass is 280 g/mol. The van der Waals surface area contributed by atoms with Crippen LogP contribution in [0, 0.1) is 18.6 Å². The summed E-state index contributed by atoms with van der Waals surface area (Å²) < 4.78 is 28.8. The van der Waals surface area contributed by atoms with Crippen LogP contribution in [0.3, 0.4) is 0 Å². The van der Waals surface area contributed by atoms with Gasteiger partial charge in [-0.3, -0.25) is 9.48 Å². The lowest BCUT2D eigenvalue weighted by Crippen LogP contribution is -2.25. The van der Waals surface area contributed by atoms with Gasteiger partial charge in [0.1, 0.15) is 11.4 Å². The van der Waals surface area contributed by atoms with Gasteiger partial charge in [-0.25, -0.2) is 8.78 Å². The number of nitrogen functional groups attached to an aromatic ring is 1. The molecule has 2 aromatic rings. The highest BCUT2D eigenvalue weighted by Gasteiger charge is 2.19. The van der Waals surface area contributed by atoms with Crippen molar-refractivity contribution in [3.63, 3.8) is 0 Å². The zero-order chi connectivity index (χ0) is 14.9. The normalized spacial score (nSPS) is 10.6. The Labute approximate surface area is 114 Å². The molecule has 1 aromatic heterocycles. The Kier molecular flexibility index (Phi) is 3.69. The van der Waals surface area contributed by atoms with Crippen LogP contribution in [0.15, 0.2) is 18.3 Å². The van der Waals surface area contributed by atoms with E-state index < -0.39 is 23.1 Å².